The van der Waals surface area contributed by atoms with E-state index in [1.54, 1.807) is 26.0 Å². The van der Waals surface area contributed by atoms with Crippen LogP contribution >= 0.6 is 0 Å². The van der Waals surface area contributed by atoms with Gasteiger partial charge in [0.25, 0.3) is 5.91 Å². The molecule has 3 heterocycles. The normalized spacial score (nSPS) is 25.0. The third-order valence-corrected chi connectivity index (χ3v) is 7.81. The number of halogens is 4. The van der Waals surface area contributed by atoms with Gasteiger partial charge in [-0.25, -0.2) is 4.39 Å². The van der Waals surface area contributed by atoms with Gasteiger partial charge in [0.2, 0.25) is 5.60 Å². The van der Waals surface area contributed by atoms with E-state index in [2.05, 4.69) is 15.3 Å². The van der Waals surface area contributed by atoms with Crippen molar-refractivity contribution in [1.29, 1.82) is 0 Å². The summed E-state index contributed by atoms with van der Waals surface area (Å²) in [6, 6.07) is 10.9. The number of nitrogens with zero attached hydrogens (tertiary/aromatic N) is 2. The van der Waals surface area contributed by atoms with E-state index in [1.807, 2.05) is 0 Å². The van der Waals surface area contributed by atoms with Gasteiger partial charge in [-0.05, 0) is 49.7 Å². The number of fused-ring (bicyclic) bond motifs is 2. The number of hydrogen-bond donors (Lipinski definition) is 4. The van der Waals surface area contributed by atoms with Crippen LogP contribution in [0, 0.1) is 11.7 Å². The highest BCUT2D eigenvalue weighted by Crippen LogP contribution is 2.48. The van der Waals surface area contributed by atoms with E-state index in [4.69, 9.17) is 20.3 Å². The molecular formula is C30H30F4N4O5. The minimum absolute atomic E-state index is 0.0170. The molecule has 0 saturated carbocycles. The number of aromatic nitrogens is 1. The van der Waals surface area contributed by atoms with E-state index < -0.39 is 52.8 Å². The molecule has 2 aliphatic heterocycles. The molecule has 1 aromatic heterocycles. The number of benzene rings is 2. The van der Waals surface area contributed by atoms with Crippen LogP contribution in [0.5, 0.6) is 5.75 Å². The molecular weight excluding hydrogens is 572 g/mol. The van der Waals surface area contributed by atoms with Gasteiger partial charge in [-0.1, -0.05) is 24.3 Å². The van der Waals surface area contributed by atoms with Crippen LogP contribution in [0.15, 0.2) is 71.5 Å². The van der Waals surface area contributed by atoms with Crippen molar-refractivity contribution in [2.45, 2.75) is 36.8 Å². The molecule has 2 aliphatic rings. The Balaban J connectivity index is 1.53. The van der Waals surface area contributed by atoms with Crippen molar-refractivity contribution in [3.63, 3.8) is 0 Å². The summed E-state index contributed by atoms with van der Waals surface area (Å²) in [6.45, 7) is 1.53. The Bertz CT molecular complexity index is 1610. The summed E-state index contributed by atoms with van der Waals surface area (Å²) in [6.07, 6.45) is -2.64. The van der Waals surface area contributed by atoms with Crippen LogP contribution in [-0.2, 0) is 4.74 Å². The predicted octanol–water partition coefficient (Wildman–Crippen LogP) is 3.28. The minimum Gasteiger partial charge on any atom is -0.489 e. The zero-order chi connectivity index (χ0) is 31.2. The first-order valence-electron chi connectivity index (χ1n) is 13.4. The molecule has 0 aliphatic carbocycles. The molecule has 4 unspecified atom stereocenters. The third kappa shape index (κ3) is 5.49. The molecule has 1 amide bonds. The number of amides is 1. The van der Waals surface area contributed by atoms with Gasteiger partial charge < -0.3 is 30.7 Å². The molecule has 4 atom stereocenters. The smallest absolute Gasteiger partial charge is 0.424 e. The number of aliphatic imine (C=N–C) groups is 1. The molecule has 228 valence electrons. The molecule has 0 radical (unpaired) electrons. The molecule has 9 nitrogen and oxygen atoms in total. The maximum absolute atomic E-state index is 14.7. The Hall–Kier alpha value is -3.91. The lowest BCUT2D eigenvalue weighted by atomic mass is 9.71. The summed E-state index contributed by atoms with van der Waals surface area (Å²) in [5, 5.41) is 23.1. The number of rotatable bonds is 8. The molecule has 0 bridgehead atoms. The monoisotopic (exact) mass is 602 g/mol. The van der Waals surface area contributed by atoms with Crippen LogP contribution in [0.3, 0.4) is 0 Å². The number of nitrogens with two attached hydrogens (primary N) is 1. The van der Waals surface area contributed by atoms with Crippen molar-refractivity contribution in [1.82, 2.24) is 10.3 Å². The van der Waals surface area contributed by atoms with Crippen molar-refractivity contribution < 1.29 is 42.0 Å². The maximum atomic E-state index is 14.7. The average Bonchev–Trinajstić information content (AvgIpc) is 3.22. The number of pyridine rings is 1. The number of nitrogens with one attached hydrogen (secondary N) is 1. The van der Waals surface area contributed by atoms with E-state index in [1.165, 1.54) is 30.5 Å². The van der Waals surface area contributed by atoms with Gasteiger partial charge in [0.1, 0.15) is 29.3 Å². The van der Waals surface area contributed by atoms with Gasteiger partial charge in [0, 0.05) is 28.6 Å². The molecule has 0 spiro atoms. The highest BCUT2D eigenvalue weighted by atomic mass is 19.4. The van der Waals surface area contributed by atoms with Crippen molar-refractivity contribution in [3.05, 3.63) is 83.4 Å². The highest BCUT2D eigenvalue weighted by molar-refractivity contribution is 6.08. The van der Waals surface area contributed by atoms with E-state index in [9.17, 15) is 27.5 Å². The summed E-state index contributed by atoms with van der Waals surface area (Å²) < 4.78 is 69.2. The highest BCUT2D eigenvalue weighted by Gasteiger charge is 2.62. The lowest BCUT2D eigenvalue weighted by Gasteiger charge is -2.41. The summed E-state index contributed by atoms with van der Waals surface area (Å²) in [5.41, 5.74) is 0.262. The molecule has 3 aromatic rings. The Morgan fingerprint density at radius 1 is 1.21 bits per heavy atom. The van der Waals surface area contributed by atoms with Crippen LogP contribution in [0.4, 0.5) is 17.6 Å². The van der Waals surface area contributed by atoms with Crippen LogP contribution in [0.2, 0.25) is 0 Å². The predicted molar refractivity (Wildman–Crippen MR) is 149 cm³/mol. The van der Waals surface area contributed by atoms with E-state index in [0.717, 1.165) is 18.2 Å². The summed E-state index contributed by atoms with van der Waals surface area (Å²) in [4.78, 5) is 21.6. The molecule has 13 heteroatoms. The fourth-order valence-corrected chi connectivity index (χ4v) is 5.50. The summed E-state index contributed by atoms with van der Waals surface area (Å²) in [5.74, 6) is -2.21. The topological polar surface area (TPSA) is 139 Å². The van der Waals surface area contributed by atoms with Crippen LogP contribution in [0.25, 0.3) is 10.9 Å². The standard InChI is InChI=1S/C30H30F4N4O5/c1-27(35)16-43-28(2)22(27)14-23(38-25(28)17-5-7-20(31)8-6-17)29(41,30(32,33)34)15-37-26(40)19-12-18-4-3-9-36-24(18)21(13-19)42-11-10-39/h3-9,12-14,22,39,41H,10-11,15-16,35H2,1-2H3,(H,37,40). The fraction of sp³-hybridized carbons (Fsp3) is 0.367. The summed E-state index contributed by atoms with van der Waals surface area (Å²) >= 11 is 0. The average molecular weight is 603 g/mol. The van der Waals surface area contributed by atoms with Gasteiger partial charge in [-0.2, -0.15) is 13.2 Å². The first-order valence-corrected chi connectivity index (χ1v) is 13.4. The van der Waals surface area contributed by atoms with Crippen molar-refractivity contribution in [3.8, 4) is 5.75 Å². The molecule has 43 heavy (non-hydrogen) atoms. The van der Waals surface area contributed by atoms with Gasteiger partial charge in [-0.3, -0.25) is 14.8 Å². The van der Waals surface area contributed by atoms with E-state index in [0.29, 0.717) is 10.9 Å². The van der Waals surface area contributed by atoms with E-state index >= 15 is 0 Å². The summed E-state index contributed by atoms with van der Waals surface area (Å²) in [7, 11) is 0. The number of alkyl halides is 3. The van der Waals surface area contributed by atoms with E-state index in [-0.39, 0.29) is 42.4 Å². The number of aliphatic hydroxyl groups excluding tert-OH is 1. The Morgan fingerprint density at radius 3 is 2.60 bits per heavy atom. The lowest BCUT2D eigenvalue weighted by Crippen LogP contribution is -2.58. The second-order valence-corrected chi connectivity index (χ2v) is 11.1. The van der Waals surface area contributed by atoms with Crippen LogP contribution in [0.1, 0.15) is 29.8 Å². The van der Waals surface area contributed by atoms with Gasteiger partial charge in [-0.15, -0.1) is 0 Å². The lowest BCUT2D eigenvalue weighted by molar-refractivity contribution is -0.241. The fourth-order valence-electron chi connectivity index (χ4n) is 5.50. The molecule has 1 saturated heterocycles. The van der Waals surface area contributed by atoms with Crippen molar-refractivity contribution in [2.24, 2.45) is 16.6 Å². The maximum Gasteiger partial charge on any atom is 0.424 e. The number of aliphatic hydroxyl groups is 2. The molecule has 2 aromatic carbocycles. The number of carbonyl (C=O) groups is 1. The molecule has 5 rings (SSSR count). The van der Waals surface area contributed by atoms with Crippen LogP contribution < -0.4 is 15.8 Å². The minimum atomic E-state index is -5.29. The Morgan fingerprint density at radius 2 is 1.93 bits per heavy atom. The molecule has 1 fully saturated rings. The zero-order valence-corrected chi connectivity index (χ0v) is 23.3. The number of hydrogen-bond acceptors (Lipinski definition) is 8. The SMILES string of the molecule is CC1(N)COC2(C)C(c3ccc(F)cc3)=NC(C(O)(CNC(=O)c3cc(OCCO)c4ncccc4c3)C(F)(F)F)=CC12. The second kappa shape index (κ2) is 11.0. The Labute approximate surface area is 244 Å². The second-order valence-electron chi connectivity index (χ2n) is 11.1. The van der Waals surface area contributed by atoms with Gasteiger partial charge in [0.05, 0.1) is 31.2 Å². The van der Waals surface area contributed by atoms with Gasteiger partial charge >= 0.3 is 6.18 Å². The molecule has 5 N–H and O–H groups in total. The first-order chi connectivity index (χ1) is 20.2. The zero-order valence-electron chi connectivity index (χ0n) is 23.3. The number of ether oxygens (including phenoxy) is 2. The third-order valence-electron chi connectivity index (χ3n) is 7.81. The van der Waals surface area contributed by atoms with Crippen LogP contribution in [-0.4, -0.2) is 76.1 Å². The van der Waals surface area contributed by atoms with Gasteiger partial charge in [0.15, 0.2) is 0 Å². The number of carbonyl (C=O) groups excluding carboxylic acids is 1. The van der Waals surface area contributed by atoms with Crippen molar-refractivity contribution >= 4 is 22.5 Å². The largest absolute Gasteiger partial charge is 0.489 e. The van der Waals surface area contributed by atoms with Crippen molar-refractivity contribution in [2.75, 3.05) is 26.4 Å². The Kier molecular flexibility index (Phi) is 7.80. The first kappa shape index (κ1) is 30.5. The quantitative estimate of drug-likeness (QED) is 0.290.